The second-order valence-corrected chi connectivity index (χ2v) is 13.7. The first-order chi connectivity index (χ1) is 36.4. The summed E-state index contributed by atoms with van der Waals surface area (Å²) < 4.78 is 14.8. The number of carbonyl (C=O) groups is 3. The molecule has 7 aromatic rings. The van der Waals surface area contributed by atoms with E-state index in [4.69, 9.17) is 30.4 Å². The first kappa shape index (κ1) is 71.7. The average Bonchev–Trinajstić information content (AvgIpc) is 3.44. The van der Waals surface area contributed by atoms with Gasteiger partial charge in [0.2, 0.25) is 0 Å². The van der Waals surface area contributed by atoms with Gasteiger partial charge in [0.15, 0.2) is 0 Å². The van der Waals surface area contributed by atoms with E-state index in [1.165, 1.54) is 55.5 Å². The van der Waals surface area contributed by atoms with Gasteiger partial charge in [0, 0.05) is 29.1 Å². The summed E-state index contributed by atoms with van der Waals surface area (Å²) in [7, 11) is 4.28. The van der Waals surface area contributed by atoms with Crippen LogP contribution in [0.5, 0.6) is 34.5 Å². The van der Waals surface area contributed by atoms with Gasteiger partial charge in [0.1, 0.15) is 17.2 Å². The second kappa shape index (κ2) is 46.0. The number of ether oxygens (including phenoxy) is 3. The number of rotatable bonds is 12. The van der Waals surface area contributed by atoms with Crippen molar-refractivity contribution < 1.29 is 119 Å². The first-order valence-electron chi connectivity index (χ1n) is 21.0. The van der Waals surface area contributed by atoms with Crippen molar-refractivity contribution in [3.05, 3.63) is 226 Å². The van der Waals surface area contributed by atoms with Crippen LogP contribution in [0.15, 0.2) is 191 Å². The van der Waals surface area contributed by atoms with Crippen molar-refractivity contribution in [1.29, 1.82) is 0 Å². The van der Waals surface area contributed by atoms with Crippen LogP contribution >= 0.6 is 36.7 Å². The van der Waals surface area contributed by atoms with Gasteiger partial charge in [-0.15, -0.1) is 0 Å². The minimum atomic E-state index is -0.336. The van der Waals surface area contributed by atoms with Crippen LogP contribution in [0, 0.1) is 75.5 Å². The zero-order chi connectivity index (χ0) is 55.5. The molecule has 0 radical (unpaired) electrons. The summed E-state index contributed by atoms with van der Waals surface area (Å²) in [6.45, 7) is 0. The molecule has 3 N–H and O–H groups in total. The SMILES string of the molecule is COc1cccc(/C=N/NC(=O)c2ccccc2)c1[O-].COc1cccc(/C=N/NC(=O)c2ccccc2)c1[O-].COc1cccc(/C=N/NC(=O)c2ccccc2)c1[O-].[Ho+3].[Ho+3].[N-]=C=S.[N-]=C=S.[N-]=C=S.c1ccncc1. The molecule has 0 spiro atoms. The molecule has 0 saturated carbocycles. The maximum atomic E-state index is 11.8. The van der Waals surface area contributed by atoms with E-state index in [9.17, 15) is 29.7 Å². The Bertz CT molecular complexity index is 2680. The van der Waals surface area contributed by atoms with Crippen LogP contribution in [0.1, 0.15) is 47.8 Å². The maximum absolute atomic E-state index is 11.8. The number of amides is 3. The third-order valence-corrected chi connectivity index (χ3v) is 8.47. The predicted molar refractivity (Wildman–Crippen MR) is 294 cm³/mol. The van der Waals surface area contributed by atoms with E-state index in [1.807, 2.05) is 36.4 Å². The zero-order valence-electron chi connectivity index (χ0n) is 40.6. The van der Waals surface area contributed by atoms with E-state index in [2.05, 4.69) is 73.2 Å². The molecule has 1 aromatic heterocycles. The van der Waals surface area contributed by atoms with Crippen LogP contribution in [-0.2, 0) is 0 Å². The number of para-hydroxylation sites is 3. The quantitative estimate of drug-likeness (QED) is 0.0459. The third-order valence-electron chi connectivity index (χ3n) is 8.47. The number of pyridine rings is 1. The Morgan fingerprint density at radius 1 is 0.442 bits per heavy atom. The number of thiocarbonyl (C=S) groups is 3. The summed E-state index contributed by atoms with van der Waals surface area (Å²) in [5.74, 6) is -1.10. The molecular formula is C53H44Ho2N10O9S3. The normalized spacial score (nSPS) is 9.08. The molecule has 6 aromatic carbocycles. The van der Waals surface area contributed by atoms with E-state index in [1.54, 1.807) is 140 Å². The standard InChI is InChI=1S/3C15H14N2O3.C5H5N.3CNS.2Ho/c3*1-20-13-9-5-8-12(14(13)18)10-16-17-15(19)11-6-3-2-4-7-11;1-2-4-6-5-3-1;3*2-1-3;;/h3*2-10,18H,1H3,(H,17,19);1-5H;;;;;/q;;;;3*-1;2*+3/p-3/b3*16-10+;;;;;;. The van der Waals surface area contributed by atoms with Gasteiger partial charge in [-0.25, -0.2) is 16.3 Å². The molecule has 0 aliphatic carbocycles. The average molecular weight is 1390 g/mol. The van der Waals surface area contributed by atoms with Crippen molar-refractivity contribution >= 4 is 88.5 Å². The monoisotopic (exact) mass is 1390 g/mol. The molecule has 0 unspecified atom stereocenters. The Hall–Kier alpha value is -7.39. The molecule has 0 saturated heterocycles. The van der Waals surface area contributed by atoms with Crippen molar-refractivity contribution in [2.45, 2.75) is 0 Å². The van der Waals surface area contributed by atoms with E-state index >= 15 is 0 Å². The van der Waals surface area contributed by atoms with Crippen molar-refractivity contribution in [3.63, 3.8) is 0 Å². The summed E-state index contributed by atoms with van der Waals surface area (Å²) in [5.41, 5.74) is 9.62. The van der Waals surface area contributed by atoms with Crippen molar-refractivity contribution in [2.75, 3.05) is 21.3 Å². The summed E-state index contributed by atoms with van der Waals surface area (Å²) >= 11 is 11.1. The van der Waals surface area contributed by atoms with Gasteiger partial charge in [-0.1, -0.05) is 151 Å². The van der Waals surface area contributed by atoms with E-state index in [-0.39, 0.29) is 128 Å². The fourth-order valence-electron chi connectivity index (χ4n) is 5.14. The van der Waals surface area contributed by atoms with E-state index in [0.717, 1.165) is 0 Å². The molecule has 0 aliphatic heterocycles. The number of hydrazone groups is 3. The summed E-state index contributed by atoms with van der Waals surface area (Å²) in [6.07, 6.45) is 7.39. The van der Waals surface area contributed by atoms with Crippen LogP contribution in [0.25, 0.3) is 16.2 Å². The molecule has 1 heterocycles. The molecule has 400 valence electrons. The Balaban J connectivity index is 0. The summed E-state index contributed by atoms with van der Waals surface area (Å²) in [4.78, 5) is 38.9. The Kier molecular flexibility index (Phi) is 42.8. The summed E-state index contributed by atoms with van der Waals surface area (Å²) in [6, 6.07) is 46.4. The number of nitrogens with one attached hydrogen (secondary N) is 3. The van der Waals surface area contributed by atoms with Crippen LogP contribution < -0.4 is 45.8 Å². The molecule has 0 fully saturated rings. The number of methoxy groups -OCH3 is 3. The smallest absolute Gasteiger partial charge is 0.870 e. The summed E-state index contributed by atoms with van der Waals surface area (Å²) in [5, 5.41) is 72.2. The number of isothiocyanates is 3. The predicted octanol–water partition coefficient (Wildman–Crippen LogP) is 7.66. The molecular weight excluding hydrogens is 1350 g/mol. The number of carbonyl (C=O) groups excluding carboxylic acids is 3. The Morgan fingerprint density at radius 2 is 0.675 bits per heavy atom. The Labute approximate surface area is 520 Å². The second-order valence-electron chi connectivity index (χ2n) is 13.1. The number of nitrogens with zero attached hydrogens (tertiary/aromatic N) is 7. The van der Waals surface area contributed by atoms with Gasteiger partial charge in [-0.2, -0.15) is 30.8 Å². The fraction of sp³-hybridized carbons (Fsp3) is 0.0566. The molecule has 77 heavy (non-hydrogen) atoms. The third kappa shape index (κ3) is 30.1. The molecule has 3 amide bonds. The number of hydrogen-bond acceptors (Lipinski definition) is 16. The molecule has 0 atom stereocenters. The molecule has 0 aliphatic rings. The van der Waals surface area contributed by atoms with Gasteiger partial charge in [0.05, 0.1) is 40.0 Å². The van der Waals surface area contributed by atoms with Crippen molar-refractivity contribution in [1.82, 2.24) is 21.3 Å². The minimum absolute atomic E-state index is 0. The van der Waals surface area contributed by atoms with Gasteiger partial charge in [-0.05, 0) is 83.4 Å². The van der Waals surface area contributed by atoms with Gasteiger partial charge < -0.3 is 45.8 Å². The first-order valence-corrected chi connectivity index (χ1v) is 22.2. The number of aromatic nitrogens is 1. The van der Waals surface area contributed by atoms with E-state index < -0.39 is 0 Å². The molecule has 19 nitrogen and oxygen atoms in total. The molecule has 24 heteroatoms. The fourth-order valence-corrected chi connectivity index (χ4v) is 5.14. The molecule has 0 bridgehead atoms. The van der Waals surface area contributed by atoms with Crippen LogP contribution in [0.4, 0.5) is 0 Å². The van der Waals surface area contributed by atoms with Crippen LogP contribution in [-0.4, -0.2) is 78.2 Å². The van der Waals surface area contributed by atoms with Crippen molar-refractivity contribution in [3.8, 4) is 34.5 Å². The number of hydrogen-bond donors (Lipinski definition) is 3. The van der Waals surface area contributed by atoms with Crippen molar-refractivity contribution in [2.24, 2.45) is 15.3 Å². The topological polar surface area (TPSA) is 301 Å². The van der Waals surface area contributed by atoms with Gasteiger partial charge in [0.25, 0.3) is 17.7 Å². The van der Waals surface area contributed by atoms with Gasteiger partial charge >= 0.3 is 75.5 Å². The van der Waals surface area contributed by atoms with Crippen LogP contribution in [0.3, 0.4) is 0 Å². The maximum Gasteiger partial charge on any atom is 3.00 e. The largest absolute Gasteiger partial charge is 3.00 e. The van der Waals surface area contributed by atoms with Crippen LogP contribution in [0.2, 0.25) is 0 Å². The minimum Gasteiger partial charge on any atom is -0.870 e. The molecule has 7 rings (SSSR count). The Morgan fingerprint density at radius 3 is 0.870 bits per heavy atom. The van der Waals surface area contributed by atoms with Gasteiger partial charge in [-0.3, -0.25) is 19.4 Å². The number of benzene rings is 6. The zero-order valence-corrected chi connectivity index (χ0v) is 46.9. The van der Waals surface area contributed by atoms with E-state index in [0.29, 0.717) is 33.4 Å².